The summed E-state index contributed by atoms with van der Waals surface area (Å²) in [4.78, 5) is 9.22. The molecule has 0 rings (SSSR count). The van der Waals surface area contributed by atoms with E-state index < -0.39 is 7.26 Å². The van der Waals surface area contributed by atoms with E-state index in [-0.39, 0.29) is 5.91 Å². The molecule has 0 saturated carbocycles. The third kappa shape index (κ3) is 32.0. The van der Waals surface area contributed by atoms with Gasteiger partial charge in [-0.3, -0.25) is 4.79 Å². The van der Waals surface area contributed by atoms with Crippen LogP contribution in [0.15, 0.2) is 0 Å². The van der Waals surface area contributed by atoms with Crippen LogP contribution in [-0.4, -0.2) is 30.6 Å². The number of rotatable bonds is 28. The van der Waals surface area contributed by atoms with Gasteiger partial charge in [0.2, 0.25) is 5.91 Å². The predicted molar refractivity (Wildman–Crippen MR) is 175 cm³/mol. The summed E-state index contributed by atoms with van der Waals surface area (Å²) in [5, 5.41) is 0. The zero-order chi connectivity index (χ0) is 27.9. The maximum Gasteiger partial charge on any atom is 0.214 e. The van der Waals surface area contributed by atoms with E-state index in [2.05, 4.69) is 33.4 Å². The van der Waals surface area contributed by atoms with Gasteiger partial charge in [-0.15, -0.1) is 0 Å². The minimum Gasteiger partial charge on any atom is -0.370 e. The standard InChI is InChI=1S/C32H68P.C2H5NO/c1-5-9-13-17-21-25-29-33(30-26-22-18-14-10-6-2,31-27-23-19-15-11-7-3)32-28-24-20-16-12-8-4;1-2(3)4/h5-32H2,1-4H3;1H3,(H2,3,4)/q+1;. The molecule has 0 aliphatic heterocycles. The number of carbonyl (C=O) groups excluding carboxylic acids is 1. The first-order chi connectivity index (χ1) is 18.0. The molecule has 2 nitrogen and oxygen atoms in total. The number of unbranched alkanes of at least 4 members (excludes halogenated alkanes) is 20. The highest BCUT2D eigenvalue weighted by Crippen LogP contribution is 2.61. The van der Waals surface area contributed by atoms with Crippen molar-refractivity contribution in [3.63, 3.8) is 0 Å². The van der Waals surface area contributed by atoms with Crippen LogP contribution in [0.3, 0.4) is 0 Å². The number of primary amides is 1. The fourth-order valence-electron chi connectivity index (χ4n) is 5.58. The molecule has 0 aromatic carbocycles. The van der Waals surface area contributed by atoms with Crippen molar-refractivity contribution in [3.8, 4) is 0 Å². The van der Waals surface area contributed by atoms with Gasteiger partial charge in [-0.2, -0.15) is 0 Å². The van der Waals surface area contributed by atoms with Gasteiger partial charge in [0.25, 0.3) is 0 Å². The lowest BCUT2D eigenvalue weighted by molar-refractivity contribution is -0.115. The van der Waals surface area contributed by atoms with Crippen molar-refractivity contribution in [3.05, 3.63) is 0 Å². The fraction of sp³-hybridized carbons (Fsp3) is 0.971. The number of amides is 1. The second kappa shape index (κ2) is 32.1. The zero-order valence-corrected chi connectivity index (χ0v) is 27.6. The highest BCUT2D eigenvalue weighted by atomic mass is 31.2. The van der Waals surface area contributed by atoms with Gasteiger partial charge in [0.1, 0.15) is 0 Å². The maximum atomic E-state index is 9.22. The molecule has 0 aromatic rings. The van der Waals surface area contributed by atoms with E-state index in [1.165, 1.54) is 135 Å². The van der Waals surface area contributed by atoms with Crippen LogP contribution in [0.4, 0.5) is 0 Å². The van der Waals surface area contributed by atoms with Crippen molar-refractivity contribution in [2.45, 2.75) is 189 Å². The second-order valence-corrected chi connectivity index (χ2v) is 16.4. The maximum absolute atomic E-state index is 9.22. The Bertz CT molecular complexity index is 366. The topological polar surface area (TPSA) is 43.1 Å². The molecule has 3 heteroatoms. The molecule has 0 aliphatic carbocycles. The van der Waals surface area contributed by atoms with E-state index in [0.29, 0.717) is 0 Å². The van der Waals surface area contributed by atoms with Gasteiger partial charge in [-0.05, 0) is 51.4 Å². The van der Waals surface area contributed by atoms with Gasteiger partial charge in [0.05, 0.1) is 24.6 Å². The Balaban J connectivity index is 0. The van der Waals surface area contributed by atoms with Crippen molar-refractivity contribution < 1.29 is 4.79 Å². The molecule has 2 N–H and O–H groups in total. The quantitative estimate of drug-likeness (QED) is 0.0775. The van der Waals surface area contributed by atoms with Crippen LogP contribution in [0.1, 0.15) is 189 Å². The molecular formula is C34H73NOP+. The Hall–Kier alpha value is -0.100. The Kier molecular flexibility index (Phi) is 33.9. The van der Waals surface area contributed by atoms with E-state index in [9.17, 15) is 4.79 Å². The van der Waals surface area contributed by atoms with Crippen LogP contribution < -0.4 is 5.73 Å². The number of nitrogens with two attached hydrogens (primary N) is 1. The van der Waals surface area contributed by atoms with Gasteiger partial charge in [0, 0.05) is 14.2 Å². The van der Waals surface area contributed by atoms with Crippen LogP contribution >= 0.6 is 7.26 Å². The van der Waals surface area contributed by atoms with Crippen molar-refractivity contribution in [1.82, 2.24) is 0 Å². The summed E-state index contributed by atoms with van der Waals surface area (Å²) in [6.07, 6.45) is 42.1. The van der Waals surface area contributed by atoms with Gasteiger partial charge in [-0.25, -0.2) is 0 Å². The lowest BCUT2D eigenvalue weighted by atomic mass is 10.1. The van der Waals surface area contributed by atoms with Crippen LogP contribution in [0, 0.1) is 0 Å². The molecule has 0 radical (unpaired) electrons. The first-order valence-corrected chi connectivity index (χ1v) is 19.6. The molecular weight excluding hydrogens is 469 g/mol. The van der Waals surface area contributed by atoms with E-state index in [0.717, 1.165) is 0 Å². The Morgan fingerprint density at radius 1 is 0.405 bits per heavy atom. The molecule has 0 aliphatic rings. The monoisotopic (exact) mass is 543 g/mol. The average Bonchev–Trinajstić information content (AvgIpc) is 2.87. The summed E-state index contributed by atoms with van der Waals surface area (Å²) in [5.74, 6) is -0.333. The predicted octanol–water partition coefficient (Wildman–Crippen LogP) is 11.9. The Labute approximate surface area is 236 Å². The van der Waals surface area contributed by atoms with Gasteiger partial charge in [-0.1, -0.05) is 130 Å². The molecule has 0 aromatic heterocycles. The van der Waals surface area contributed by atoms with Crippen molar-refractivity contribution in [2.24, 2.45) is 5.73 Å². The fourth-order valence-corrected chi connectivity index (χ4v) is 10.5. The Morgan fingerprint density at radius 3 is 0.757 bits per heavy atom. The number of hydrogen-bond acceptors (Lipinski definition) is 1. The molecule has 37 heavy (non-hydrogen) atoms. The van der Waals surface area contributed by atoms with Crippen LogP contribution in [-0.2, 0) is 4.79 Å². The molecule has 0 fully saturated rings. The summed E-state index contributed by atoms with van der Waals surface area (Å²) in [7, 11) is -0.718. The smallest absolute Gasteiger partial charge is 0.214 e. The summed E-state index contributed by atoms with van der Waals surface area (Å²) < 4.78 is 0. The molecule has 224 valence electrons. The third-order valence-electron chi connectivity index (χ3n) is 7.94. The molecule has 0 unspecified atom stereocenters. The van der Waals surface area contributed by atoms with Crippen molar-refractivity contribution in [1.29, 1.82) is 0 Å². The minimum atomic E-state index is -0.718. The van der Waals surface area contributed by atoms with E-state index in [1.54, 1.807) is 50.3 Å². The molecule has 0 atom stereocenters. The van der Waals surface area contributed by atoms with Gasteiger partial charge >= 0.3 is 0 Å². The minimum absolute atomic E-state index is 0.333. The zero-order valence-electron chi connectivity index (χ0n) is 26.7. The average molecular weight is 543 g/mol. The van der Waals surface area contributed by atoms with Crippen LogP contribution in [0.2, 0.25) is 0 Å². The van der Waals surface area contributed by atoms with Gasteiger partial charge in [0.15, 0.2) is 0 Å². The summed E-state index contributed by atoms with van der Waals surface area (Å²) in [6, 6.07) is 0. The lowest BCUT2D eigenvalue weighted by Gasteiger charge is -2.28. The Morgan fingerprint density at radius 2 is 0.568 bits per heavy atom. The largest absolute Gasteiger partial charge is 0.370 e. The van der Waals surface area contributed by atoms with Crippen LogP contribution in [0.5, 0.6) is 0 Å². The molecule has 0 bridgehead atoms. The molecule has 0 heterocycles. The molecule has 0 saturated heterocycles. The van der Waals surface area contributed by atoms with E-state index in [1.807, 2.05) is 0 Å². The lowest BCUT2D eigenvalue weighted by Crippen LogP contribution is -2.13. The van der Waals surface area contributed by atoms with Crippen molar-refractivity contribution in [2.75, 3.05) is 24.6 Å². The summed E-state index contributed by atoms with van der Waals surface area (Å²) >= 11 is 0. The highest BCUT2D eigenvalue weighted by molar-refractivity contribution is 7.75. The van der Waals surface area contributed by atoms with Crippen molar-refractivity contribution >= 4 is 13.2 Å². The van der Waals surface area contributed by atoms with Crippen LogP contribution in [0.25, 0.3) is 0 Å². The normalized spacial score (nSPS) is 11.4. The SMILES string of the molecule is CC(N)=O.CCCCCCCC[P+](CCCCCCCC)(CCCCCCCC)CCCCCCCC. The first-order valence-electron chi connectivity index (χ1n) is 17.1. The second-order valence-electron chi connectivity index (χ2n) is 11.9. The van der Waals surface area contributed by atoms with Gasteiger partial charge < -0.3 is 5.73 Å². The summed E-state index contributed by atoms with van der Waals surface area (Å²) in [5.41, 5.74) is 4.47. The van der Waals surface area contributed by atoms with E-state index >= 15 is 0 Å². The molecule has 0 spiro atoms. The van der Waals surface area contributed by atoms with E-state index in [4.69, 9.17) is 0 Å². The highest BCUT2D eigenvalue weighted by Gasteiger charge is 2.34. The molecule has 1 amide bonds. The number of carbonyl (C=O) groups is 1. The third-order valence-corrected chi connectivity index (χ3v) is 13.0. The first kappa shape index (κ1) is 39.0. The summed E-state index contributed by atoms with van der Waals surface area (Å²) in [6.45, 7) is 10.7. The number of hydrogen-bond donors (Lipinski definition) is 1.